The summed E-state index contributed by atoms with van der Waals surface area (Å²) in [4.78, 5) is 31.5. The van der Waals surface area contributed by atoms with Crippen LogP contribution in [-0.2, 0) is 11.3 Å². The highest BCUT2D eigenvalue weighted by molar-refractivity contribution is 6.12. The molecule has 1 saturated heterocycles. The smallest absolute Gasteiger partial charge is 0.256 e. The van der Waals surface area contributed by atoms with Gasteiger partial charge in [-0.25, -0.2) is 9.67 Å². The molecule has 8 heteroatoms. The van der Waals surface area contributed by atoms with Gasteiger partial charge in [0, 0.05) is 30.2 Å². The third kappa shape index (κ3) is 4.47. The van der Waals surface area contributed by atoms with Crippen molar-refractivity contribution in [2.45, 2.75) is 20.4 Å². The van der Waals surface area contributed by atoms with Gasteiger partial charge in [-0.15, -0.1) is 0 Å². The van der Waals surface area contributed by atoms with Crippen molar-refractivity contribution in [1.29, 1.82) is 0 Å². The fourth-order valence-electron chi connectivity index (χ4n) is 4.16. The van der Waals surface area contributed by atoms with Gasteiger partial charge in [-0.2, -0.15) is 5.10 Å². The zero-order chi connectivity index (χ0) is 23.7. The highest BCUT2D eigenvalue weighted by Crippen LogP contribution is 2.23. The van der Waals surface area contributed by atoms with Gasteiger partial charge in [-0.05, 0) is 49.7 Å². The molecule has 8 nitrogen and oxygen atoms in total. The number of pyridine rings is 1. The summed E-state index contributed by atoms with van der Waals surface area (Å²) in [6.45, 7) is 6.25. The molecule has 3 heterocycles. The number of anilines is 2. The zero-order valence-electron chi connectivity index (χ0n) is 19.2. The van der Waals surface area contributed by atoms with Crippen LogP contribution in [0.1, 0.15) is 27.2 Å². The molecule has 2 aromatic carbocycles. The van der Waals surface area contributed by atoms with Gasteiger partial charge in [-0.3, -0.25) is 9.59 Å². The number of piperazine rings is 1. The largest absolute Gasteiger partial charge is 0.360 e. The fraction of sp³-hybridized carbons (Fsp3) is 0.231. The number of aryl methyl sites for hydroxylation is 2. The Morgan fingerprint density at radius 1 is 1.09 bits per heavy atom. The van der Waals surface area contributed by atoms with Crippen LogP contribution in [0.15, 0.2) is 60.8 Å². The van der Waals surface area contributed by atoms with Gasteiger partial charge in [0.15, 0.2) is 5.65 Å². The molecule has 2 amide bonds. The lowest BCUT2D eigenvalue weighted by Gasteiger charge is -2.28. The fourth-order valence-corrected chi connectivity index (χ4v) is 4.16. The number of hydrogen-bond donors (Lipinski definition) is 2. The lowest BCUT2D eigenvalue weighted by molar-refractivity contribution is -0.120. The maximum atomic E-state index is 13.2. The Hall–Kier alpha value is -4.20. The molecule has 0 radical (unpaired) electrons. The van der Waals surface area contributed by atoms with Crippen molar-refractivity contribution < 1.29 is 9.59 Å². The first-order valence-corrected chi connectivity index (χ1v) is 11.3. The molecule has 0 spiro atoms. The zero-order valence-corrected chi connectivity index (χ0v) is 19.2. The highest BCUT2D eigenvalue weighted by atomic mass is 16.2. The lowest BCUT2D eigenvalue weighted by Crippen LogP contribution is -2.47. The Kier molecular flexibility index (Phi) is 5.71. The summed E-state index contributed by atoms with van der Waals surface area (Å²) in [7, 11) is 0. The van der Waals surface area contributed by atoms with Crippen LogP contribution < -0.4 is 15.5 Å². The predicted octanol–water partition coefficient (Wildman–Crippen LogP) is 3.28. The van der Waals surface area contributed by atoms with Gasteiger partial charge in [0.1, 0.15) is 0 Å². The summed E-state index contributed by atoms with van der Waals surface area (Å²) in [6, 6.07) is 17.6. The van der Waals surface area contributed by atoms with E-state index in [1.54, 1.807) is 12.3 Å². The Morgan fingerprint density at radius 3 is 2.59 bits per heavy atom. The van der Waals surface area contributed by atoms with Crippen molar-refractivity contribution in [3.8, 4) is 0 Å². The summed E-state index contributed by atoms with van der Waals surface area (Å²) in [6.07, 6.45) is 1.70. The molecule has 0 bridgehead atoms. The molecule has 1 aliphatic heterocycles. The Morgan fingerprint density at radius 2 is 1.85 bits per heavy atom. The molecule has 34 heavy (non-hydrogen) atoms. The van der Waals surface area contributed by atoms with E-state index < -0.39 is 0 Å². The number of fused-ring (bicyclic) bond motifs is 1. The van der Waals surface area contributed by atoms with Gasteiger partial charge in [0.05, 0.1) is 30.2 Å². The number of amides is 2. The molecule has 0 unspecified atom stereocenters. The minimum Gasteiger partial charge on any atom is -0.360 e. The standard InChI is InChI=1S/C26H26N6O2/c1-17-3-5-19(6-4-17)15-32-25-23(14-28-32)22(13-18(2)29-25)26(34)30-20-7-9-21(10-8-20)31-12-11-27-24(33)16-31/h3-10,13-14H,11-12,15-16H2,1-2H3,(H,27,33)(H,30,34). The number of nitrogens with zero attached hydrogens (tertiary/aromatic N) is 4. The van der Waals surface area contributed by atoms with Crippen LogP contribution in [0.2, 0.25) is 0 Å². The van der Waals surface area contributed by atoms with Crippen LogP contribution in [0.5, 0.6) is 0 Å². The van der Waals surface area contributed by atoms with Crippen molar-refractivity contribution in [2.75, 3.05) is 29.9 Å². The van der Waals surface area contributed by atoms with E-state index in [0.29, 0.717) is 41.9 Å². The molecule has 2 aromatic heterocycles. The van der Waals surface area contributed by atoms with E-state index in [-0.39, 0.29) is 11.8 Å². The first-order chi connectivity index (χ1) is 16.5. The van der Waals surface area contributed by atoms with Crippen LogP contribution in [0.3, 0.4) is 0 Å². The van der Waals surface area contributed by atoms with E-state index in [4.69, 9.17) is 0 Å². The summed E-state index contributed by atoms with van der Waals surface area (Å²) >= 11 is 0. The van der Waals surface area contributed by atoms with Crippen molar-refractivity contribution in [3.05, 3.63) is 83.2 Å². The first-order valence-electron chi connectivity index (χ1n) is 11.3. The Balaban J connectivity index is 1.36. The lowest BCUT2D eigenvalue weighted by atomic mass is 10.1. The van der Waals surface area contributed by atoms with Gasteiger partial charge in [0.25, 0.3) is 5.91 Å². The van der Waals surface area contributed by atoms with Crippen LogP contribution in [0.25, 0.3) is 11.0 Å². The van der Waals surface area contributed by atoms with Crippen molar-refractivity contribution in [2.24, 2.45) is 0 Å². The molecule has 4 aromatic rings. The van der Waals surface area contributed by atoms with E-state index in [9.17, 15) is 9.59 Å². The molecule has 2 N–H and O–H groups in total. The van der Waals surface area contributed by atoms with E-state index >= 15 is 0 Å². The molecule has 1 aliphatic rings. The molecular weight excluding hydrogens is 428 g/mol. The molecule has 172 valence electrons. The number of aromatic nitrogens is 3. The maximum Gasteiger partial charge on any atom is 0.256 e. The van der Waals surface area contributed by atoms with Gasteiger partial charge in [-0.1, -0.05) is 29.8 Å². The van der Waals surface area contributed by atoms with Crippen molar-refractivity contribution in [3.63, 3.8) is 0 Å². The van der Waals surface area contributed by atoms with Gasteiger partial charge < -0.3 is 15.5 Å². The third-order valence-electron chi connectivity index (χ3n) is 5.96. The molecule has 0 atom stereocenters. The third-order valence-corrected chi connectivity index (χ3v) is 5.96. The van der Waals surface area contributed by atoms with Crippen LogP contribution >= 0.6 is 0 Å². The van der Waals surface area contributed by atoms with Gasteiger partial charge in [0.2, 0.25) is 5.91 Å². The summed E-state index contributed by atoms with van der Waals surface area (Å²) in [5, 5.41) is 11.0. The van der Waals surface area contributed by atoms with Crippen LogP contribution in [0.4, 0.5) is 11.4 Å². The number of carbonyl (C=O) groups is 2. The molecule has 0 saturated carbocycles. The first kappa shape index (κ1) is 21.6. The van der Waals surface area contributed by atoms with E-state index in [1.165, 1.54) is 5.56 Å². The number of hydrogen-bond acceptors (Lipinski definition) is 5. The van der Waals surface area contributed by atoms with E-state index in [0.717, 1.165) is 23.5 Å². The number of rotatable bonds is 5. The van der Waals surface area contributed by atoms with Crippen molar-refractivity contribution >= 4 is 34.2 Å². The number of benzene rings is 2. The minimum absolute atomic E-state index is 0.0172. The maximum absolute atomic E-state index is 13.2. The molecule has 0 aliphatic carbocycles. The summed E-state index contributed by atoms with van der Waals surface area (Å²) in [5.74, 6) is -0.195. The molecule has 1 fully saturated rings. The summed E-state index contributed by atoms with van der Waals surface area (Å²) < 4.78 is 1.83. The minimum atomic E-state index is -0.213. The van der Waals surface area contributed by atoms with Gasteiger partial charge >= 0.3 is 0 Å². The average Bonchev–Trinajstić information content (AvgIpc) is 3.22. The second-order valence-electron chi connectivity index (χ2n) is 8.61. The Bertz CT molecular complexity index is 1360. The molecule has 5 rings (SSSR count). The average molecular weight is 455 g/mol. The monoisotopic (exact) mass is 454 g/mol. The quantitative estimate of drug-likeness (QED) is 0.483. The highest BCUT2D eigenvalue weighted by Gasteiger charge is 2.18. The van der Waals surface area contributed by atoms with Crippen LogP contribution in [0, 0.1) is 13.8 Å². The van der Waals surface area contributed by atoms with Crippen LogP contribution in [-0.4, -0.2) is 46.2 Å². The SMILES string of the molecule is Cc1ccc(Cn2ncc3c(C(=O)Nc4ccc(N5CCNC(=O)C5)cc4)cc(C)nc32)cc1. The second-order valence-corrected chi connectivity index (χ2v) is 8.61. The Labute approximate surface area is 197 Å². The van der Waals surface area contributed by atoms with E-state index in [2.05, 4.69) is 51.9 Å². The normalized spacial score (nSPS) is 13.7. The predicted molar refractivity (Wildman–Crippen MR) is 132 cm³/mol. The number of carbonyl (C=O) groups excluding carboxylic acids is 2. The topological polar surface area (TPSA) is 92.2 Å². The molecular formula is C26H26N6O2. The van der Waals surface area contributed by atoms with E-state index in [1.807, 2.05) is 40.8 Å². The summed E-state index contributed by atoms with van der Waals surface area (Å²) in [5.41, 5.74) is 5.94. The second kappa shape index (κ2) is 8.97. The van der Waals surface area contributed by atoms with Crippen molar-refractivity contribution in [1.82, 2.24) is 20.1 Å². The number of nitrogens with one attached hydrogen (secondary N) is 2.